The van der Waals surface area contributed by atoms with Gasteiger partial charge in [-0.25, -0.2) is 9.38 Å². The molecule has 0 aliphatic carbocycles. The molecule has 0 unspecified atom stereocenters. The van der Waals surface area contributed by atoms with Crippen LogP contribution >= 0.6 is 0 Å². The Balaban J connectivity index is 1.54. The number of carboxylic acid groups (broad SMARTS) is 1. The van der Waals surface area contributed by atoms with Crippen molar-refractivity contribution >= 4 is 28.3 Å². The second kappa shape index (κ2) is 11.0. The lowest BCUT2D eigenvalue weighted by atomic mass is 9.97. The van der Waals surface area contributed by atoms with Gasteiger partial charge in [0.05, 0.1) is 22.5 Å². The number of H-pyrrole nitrogens is 1. The largest absolute Gasteiger partial charge is 0.494 e. The van der Waals surface area contributed by atoms with Crippen molar-refractivity contribution in [2.45, 2.75) is 38.6 Å². The second-order valence-corrected chi connectivity index (χ2v) is 9.60. The highest BCUT2D eigenvalue weighted by atomic mass is 19.1. The maximum Gasteiger partial charge on any atom is 0.303 e. The van der Waals surface area contributed by atoms with E-state index in [1.165, 1.54) is 37.0 Å². The third-order valence-electron chi connectivity index (χ3n) is 6.84. The van der Waals surface area contributed by atoms with Crippen LogP contribution < -0.4 is 0 Å². The average molecular weight is 500 g/mol. The highest BCUT2D eigenvalue weighted by Gasteiger charge is 2.20. The van der Waals surface area contributed by atoms with Gasteiger partial charge in [0, 0.05) is 23.9 Å². The number of carbonyl (C=O) groups is 1. The van der Waals surface area contributed by atoms with E-state index in [1.807, 2.05) is 36.4 Å². The van der Waals surface area contributed by atoms with Crippen molar-refractivity contribution in [3.05, 3.63) is 94.8 Å². The van der Waals surface area contributed by atoms with Gasteiger partial charge >= 0.3 is 5.97 Å². The quantitative estimate of drug-likeness (QED) is 0.252. The number of benzene rings is 3. The molecule has 1 aromatic heterocycles. The number of aryl methyl sites for hydroxylation is 1. The van der Waals surface area contributed by atoms with Crippen molar-refractivity contribution in [1.82, 2.24) is 9.88 Å². The normalized spacial score (nSPS) is 14.8. The fourth-order valence-electron chi connectivity index (χ4n) is 4.97. The number of nitrogens with one attached hydrogen (secondary N) is 1. The van der Waals surface area contributed by atoms with E-state index in [0.29, 0.717) is 28.6 Å². The summed E-state index contributed by atoms with van der Waals surface area (Å²) >= 11 is 0. The topological polar surface area (TPSA) is 88.9 Å². The molecule has 1 saturated heterocycles. The molecule has 3 N–H and O–H groups in total. The molecule has 190 valence electrons. The SMILES string of the molecule is O=C(O)CCc1cccc(C(=Nc2ccc(CN3CCCCC3)cc2)c2c(O)[nH]c3cc(F)ccc23)c1. The summed E-state index contributed by atoms with van der Waals surface area (Å²) < 4.78 is 13.9. The molecular formula is C30H30FN3O3. The van der Waals surface area contributed by atoms with Crippen molar-refractivity contribution < 1.29 is 19.4 Å². The molecule has 37 heavy (non-hydrogen) atoms. The van der Waals surface area contributed by atoms with Crippen molar-refractivity contribution in [1.29, 1.82) is 0 Å². The molecule has 5 rings (SSSR count). The number of hydrogen-bond acceptors (Lipinski definition) is 4. The molecule has 0 radical (unpaired) electrons. The summed E-state index contributed by atoms with van der Waals surface area (Å²) in [7, 11) is 0. The van der Waals surface area contributed by atoms with Crippen molar-refractivity contribution in [3.63, 3.8) is 0 Å². The van der Waals surface area contributed by atoms with Crippen LogP contribution in [0.15, 0.2) is 71.7 Å². The van der Waals surface area contributed by atoms with Gasteiger partial charge in [-0.3, -0.25) is 9.69 Å². The van der Waals surface area contributed by atoms with Gasteiger partial charge in [-0.15, -0.1) is 0 Å². The molecule has 0 spiro atoms. The summed E-state index contributed by atoms with van der Waals surface area (Å²) in [5, 5.41) is 20.6. The molecule has 0 atom stereocenters. The Morgan fingerprint density at radius 2 is 1.76 bits per heavy atom. The second-order valence-electron chi connectivity index (χ2n) is 9.60. The van der Waals surface area contributed by atoms with Crippen LogP contribution in [-0.2, 0) is 17.8 Å². The van der Waals surface area contributed by atoms with Gasteiger partial charge in [0.2, 0.25) is 0 Å². The first-order valence-electron chi connectivity index (χ1n) is 12.7. The molecule has 1 aliphatic rings. The Morgan fingerprint density at radius 3 is 2.51 bits per heavy atom. The number of nitrogens with zero attached hydrogens (tertiary/aromatic N) is 2. The first kappa shape index (κ1) is 24.7. The molecule has 2 heterocycles. The van der Waals surface area contributed by atoms with E-state index in [0.717, 1.165) is 36.4 Å². The van der Waals surface area contributed by atoms with Gasteiger partial charge < -0.3 is 15.2 Å². The number of aromatic hydroxyl groups is 1. The predicted molar refractivity (Wildman–Crippen MR) is 143 cm³/mol. The van der Waals surface area contributed by atoms with Crippen molar-refractivity contribution in [3.8, 4) is 5.88 Å². The summed E-state index contributed by atoms with van der Waals surface area (Å²) in [6, 6.07) is 19.9. The zero-order valence-electron chi connectivity index (χ0n) is 20.6. The molecule has 1 fully saturated rings. The molecule has 0 amide bonds. The number of hydrogen-bond donors (Lipinski definition) is 3. The lowest BCUT2D eigenvalue weighted by molar-refractivity contribution is -0.136. The summed E-state index contributed by atoms with van der Waals surface area (Å²) in [6.07, 6.45) is 4.20. The Bertz CT molecular complexity index is 1440. The Morgan fingerprint density at radius 1 is 0.973 bits per heavy atom. The van der Waals surface area contributed by atoms with Crippen LogP contribution in [0.25, 0.3) is 10.9 Å². The number of likely N-dealkylation sites (tertiary alicyclic amines) is 1. The monoisotopic (exact) mass is 499 g/mol. The first-order chi connectivity index (χ1) is 18.0. The van der Waals surface area contributed by atoms with Crippen LogP contribution in [0.3, 0.4) is 0 Å². The van der Waals surface area contributed by atoms with Crippen LogP contribution in [-0.4, -0.2) is 44.9 Å². The molecule has 0 saturated carbocycles. The summed E-state index contributed by atoms with van der Waals surface area (Å²) in [6.45, 7) is 3.17. The van der Waals surface area contributed by atoms with Crippen LogP contribution in [0.5, 0.6) is 5.88 Å². The molecule has 7 heteroatoms. The number of aliphatic imine (C=N–C) groups is 1. The molecular weight excluding hydrogens is 469 g/mol. The zero-order chi connectivity index (χ0) is 25.8. The van der Waals surface area contributed by atoms with E-state index < -0.39 is 11.8 Å². The van der Waals surface area contributed by atoms with E-state index in [1.54, 1.807) is 6.07 Å². The highest BCUT2D eigenvalue weighted by Crippen LogP contribution is 2.32. The smallest absolute Gasteiger partial charge is 0.303 e. The van der Waals surface area contributed by atoms with E-state index in [4.69, 9.17) is 10.1 Å². The van der Waals surface area contributed by atoms with Crippen LogP contribution in [0.1, 0.15) is 47.9 Å². The Kier molecular flexibility index (Phi) is 7.32. The van der Waals surface area contributed by atoms with Gasteiger partial charge in [0.1, 0.15) is 5.82 Å². The minimum atomic E-state index is -0.861. The molecule has 1 aliphatic heterocycles. The molecule has 4 aromatic rings. The van der Waals surface area contributed by atoms with E-state index in [2.05, 4.69) is 22.0 Å². The summed E-state index contributed by atoms with van der Waals surface area (Å²) in [5.74, 6) is -1.36. The number of piperidine rings is 1. The molecule has 6 nitrogen and oxygen atoms in total. The van der Waals surface area contributed by atoms with Crippen LogP contribution in [0.4, 0.5) is 10.1 Å². The first-order valence-corrected chi connectivity index (χ1v) is 12.7. The lowest BCUT2D eigenvalue weighted by Crippen LogP contribution is -2.28. The fraction of sp³-hybridized carbons (Fsp3) is 0.267. The van der Waals surface area contributed by atoms with E-state index >= 15 is 0 Å². The number of aromatic amines is 1. The van der Waals surface area contributed by atoms with Gasteiger partial charge in [0.25, 0.3) is 0 Å². The van der Waals surface area contributed by atoms with E-state index in [-0.39, 0.29) is 12.3 Å². The molecule has 3 aromatic carbocycles. The van der Waals surface area contributed by atoms with Gasteiger partial charge in [0.15, 0.2) is 5.88 Å². The van der Waals surface area contributed by atoms with Crippen LogP contribution in [0.2, 0.25) is 0 Å². The number of halogens is 1. The Labute approximate surface area is 215 Å². The summed E-state index contributed by atoms with van der Waals surface area (Å²) in [5.41, 5.74) is 5.02. The number of carboxylic acids is 1. The van der Waals surface area contributed by atoms with Crippen molar-refractivity contribution in [2.24, 2.45) is 4.99 Å². The zero-order valence-corrected chi connectivity index (χ0v) is 20.6. The van der Waals surface area contributed by atoms with Crippen molar-refractivity contribution in [2.75, 3.05) is 13.1 Å². The predicted octanol–water partition coefficient (Wildman–Crippen LogP) is 6.18. The number of rotatable bonds is 8. The minimum Gasteiger partial charge on any atom is -0.494 e. The number of aromatic nitrogens is 1. The fourth-order valence-corrected chi connectivity index (χ4v) is 4.97. The van der Waals surface area contributed by atoms with Crippen LogP contribution in [0, 0.1) is 5.82 Å². The third-order valence-corrected chi connectivity index (χ3v) is 6.84. The lowest BCUT2D eigenvalue weighted by Gasteiger charge is -2.26. The molecule has 0 bridgehead atoms. The van der Waals surface area contributed by atoms with Gasteiger partial charge in [-0.05, 0) is 79.9 Å². The standard InChI is InChI=1S/C30H30FN3O3/c31-23-10-13-25-26(18-23)33-30(37)28(25)29(22-6-4-5-20(17-22)9-14-27(35)36)32-24-11-7-21(8-12-24)19-34-15-2-1-3-16-34/h4-8,10-13,17-18,33,37H,1-3,9,14-16,19H2,(H,35,36). The maximum atomic E-state index is 13.9. The van der Waals surface area contributed by atoms with E-state index in [9.17, 15) is 14.3 Å². The highest BCUT2D eigenvalue weighted by molar-refractivity contribution is 6.21. The van der Waals surface area contributed by atoms with Gasteiger partial charge in [-0.2, -0.15) is 0 Å². The average Bonchev–Trinajstić information content (AvgIpc) is 3.22. The minimum absolute atomic E-state index is 0.0199. The third kappa shape index (κ3) is 5.89. The Hall–Kier alpha value is -3.97. The number of aliphatic carboxylic acids is 1. The number of fused-ring (bicyclic) bond motifs is 1. The summed E-state index contributed by atoms with van der Waals surface area (Å²) in [4.78, 5) is 21.4. The maximum absolute atomic E-state index is 13.9. The van der Waals surface area contributed by atoms with Gasteiger partial charge in [-0.1, -0.05) is 36.8 Å².